The molecular weight excluding hydrogens is 240 g/mol. The van der Waals surface area contributed by atoms with Crippen LogP contribution < -0.4 is 5.73 Å². The molecule has 2 N–H and O–H groups in total. The maximum atomic E-state index is 5.69. The number of benzene rings is 1. The minimum absolute atomic E-state index is 0.335. The Hall–Kier alpha value is -1.19. The zero-order valence-electron chi connectivity index (χ0n) is 11.4. The van der Waals surface area contributed by atoms with Gasteiger partial charge in [0.15, 0.2) is 0 Å². The van der Waals surface area contributed by atoms with Crippen LogP contribution in [0.5, 0.6) is 0 Å². The summed E-state index contributed by atoms with van der Waals surface area (Å²) in [5.41, 5.74) is 12.0. The molecule has 1 aromatic heterocycles. The molecule has 0 bridgehead atoms. The number of hydrogen-bond acceptors (Lipinski definition) is 3. The first-order valence-electron chi connectivity index (χ1n) is 6.26. The summed E-state index contributed by atoms with van der Waals surface area (Å²) in [6.45, 7) is 9.21. The summed E-state index contributed by atoms with van der Waals surface area (Å²) in [5.74, 6) is 0.335. The van der Waals surface area contributed by atoms with Gasteiger partial charge in [0.25, 0.3) is 0 Å². The molecule has 18 heavy (non-hydrogen) atoms. The third kappa shape index (κ3) is 2.47. The number of aromatic nitrogens is 1. The Balaban J connectivity index is 2.43. The van der Waals surface area contributed by atoms with Gasteiger partial charge < -0.3 is 5.73 Å². The highest BCUT2D eigenvalue weighted by atomic mass is 32.1. The van der Waals surface area contributed by atoms with E-state index in [1.807, 2.05) is 0 Å². The third-order valence-electron chi connectivity index (χ3n) is 3.45. The molecule has 1 unspecified atom stereocenters. The molecule has 96 valence electrons. The number of aryl methyl sites for hydroxylation is 3. The zero-order valence-corrected chi connectivity index (χ0v) is 12.3. The fourth-order valence-corrected chi connectivity index (χ4v) is 2.97. The Bertz CT molecular complexity index is 558. The van der Waals surface area contributed by atoms with Crippen LogP contribution in [0.25, 0.3) is 10.6 Å². The summed E-state index contributed by atoms with van der Waals surface area (Å²) in [7, 11) is 0. The lowest BCUT2D eigenvalue weighted by Gasteiger charge is -2.07. The van der Waals surface area contributed by atoms with Crippen molar-refractivity contribution in [2.24, 2.45) is 5.73 Å². The van der Waals surface area contributed by atoms with Gasteiger partial charge in [0, 0.05) is 23.4 Å². The second kappa shape index (κ2) is 5.21. The van der Waals surface area contributed by atoms with E-state index < -0.39 is 0 Å². The second-order valence-electron chi connectivity index (χ2n) is 4.97. The fraction of sp³-hybridized carbons (Fsp3) is 0.400. The Labute approximate surface area is 113 Å². The van der Waals surface area contributed by atoms with Crippen molar-refractivity contribution in [1.29, 1.82) is 0 Å². The SMILES string of the molecule is Cc1cc(C)c(-c2nc(C(C)CN)cs2)cc1C. The fourth-order valence-electron chi connectivity index (χ4n) is 1.95. The van der Waals surface area contributed by atoms with Gasteiger partial charge in [-0.1, -0.05) is 13.0 Å². The van der Waals surface area contributed by atoms with Crippen molar-refractivity contribution < 1.29 is 0 Å². The Morgan fingerprint density at radius 2 is 1.83 bits per heavy atom. The van der Waals surface area contributed by atoms with Crippen molar-refractivity contribution >= 4 is 11.3 Å². The van der Waals surface area contributed by atoms with Gasteiger partial charge >= 0.3 is 0 Å². The summed E-state index contributed by atoms with van der Waals surface area (Å²) < 4.78 is 0. The molecule has 0 aliphatic rings. The van der Waals surface area contributed by atoms with Gasteiger partial charge in [0.05, 0.1) is 5.69 Å². The van der Waals surface area contributed by atoms with E-state index in [1.54, 1.807) is 11.3 Å². The molecule has 0 spiro atoms. The third-order valence-corrected chi connectivity index (χ3v) is 4.35. The normalized spacial score (nSPS) is 12.7. The Morgan fingerprint density at radius 3 is 2.50 bits per heavy atom. The van der Waals surface area contributed by atoms with Crippen LogP contribution in [0, 0.1) is 20.8 Å². The summed E-state index contributed by atoms with van der Waals surface area (Å²) in [6.07, 6.45) is 0. The van der Waals surface area contributed by atoms with Gasteiger partial charge in [-0.2, -0.15) is 0 Å². The van der Waals surface area contributed by atoms with Crippen LogP contribution in [-0.4, -0.2) is 11.5 Å². The molecule has 1 aromatic carbocycles. The van der Waals surface area contributed by atoms with Gasteiger partial charge in [-0.15, -0.1) is 11.3 Å². The largest absolute Gasteiger partial charge is 0.330 e. The average molecular weight is 260 g/mol. The van der Waals surface area contributed by atoms with Gasteiger partial charge in [-0.05, 0) is 43.5 Å². The molecule has 0 amide bonds. The molecule has 2 nitrogen and oxygen atoms in total. The van der Waals surface area contributed by atoms with Crippen molar-refractivity contribution in [3.05, 3.63) is 39.9 Å². The predicted octanol–water partition coefficient (Wildman–Crippen LogP) is 3.80. The van der Waals surface area contributed by atoms with Crippen LogP contribution in [0.1, 0.15) is 35.2 Å². The van der Waals surface area contributed by atoms with Crippen molar-refractivity contribution in [3.63, 3.8) is 0 Å². The lowest BCUT2D eigenvalue weighted by atomic mass is 10.0. The molecule has 1 atom stereocenters. The van der Waals surface area contributed by atoms with Gasteiger partial charge in [-0.25, -0.2) is 4.98 Å². The molecular formula is C15H20N2S. The minimum Gasteiger partial charge on any atom is -0.330 e. The first kappa shape index (κ1) is 13.2. The van der Waals surface area contributed by atoms with E-state index in [1.165, 1.54) is 22.3 Å². The van der Waals surface area contributed by atoms with Gasteiger partial charge in [-0.3, -0.25) is 0 Å². The summed E-state index contributed by atoms with van der Waals surface area (Å²) in [5, 5.41) is 3.23. The van der Waals surface area contributed by atoms with Crippen LogP contribution in [0.3, 0.4) is 0 Å². The molecule has 3 heteroatoms. The van der Waals surface area contributed by atoms with E-state index in [-0.39, 0.29) is 0 Å². The van der Waals surface area contributed by atoms with Crippen LogP contribution in [-0.2, 0) is 0 Å². The first-order valence-corrected chi connectivity index (χ1v) is 7.14. The highest BCUT2D eigenvalue weighted by Crippen LogP contribution is 2.30. The monoisotopic (exact) mass is 260 g/mol. The van der Waals surface area contributed by atoms with E-state index in [4.69, 9.17) is 10.7 Å². The van der Waals surface area contributed by atoms with Crippen molar-refractivity contribution in [3.8, 4) is 10.6 Å². The molecule has 0 aliphatic carbocycles. The average Bonchev–Trinajstić information content (AvgIpc) is 2.82. The lowest BCUT2D eigenvalue weighted by molar-refractivity contribution is 0.752. The highest BCUT2D eigenvalue weighted by molar-refractivity contribution is 7.13. The molecule has 0 fully saturated rings. The maximum absolute atomic E-state index is 5.69. The Kier molecular flexibility index (Phi) is 3.83. The van der Waals surface area contributed by atoms with E-state index in [0.29, 0.717) is 12.5 Å². The molecule has 0 radical (unpaired) electrons. The standard InChI is InChI=1S/C15H20N2S/c1-9-5-11(3)13(6-10(9)2)15-17-14(8-18-15)12(4)7-16/h5-6,8,12H,7,16H2,1-4H3. The Morgan fingerprint density at radius 1 is 1.17 bits per heavy atom. The van der Waals surface area contributed by atoms with Crippen molar-refractivity contribution in [2.75, 3.05) is 6.54 Å². The first-order chi connectivity index (χ1) is 8.52. The molecule has 1 heterocycles. The number of nitrogens with zero attached hydrogens (tertiary/aromatic N) is 1. The lowest BCUT2D eigenvalue weighted by Crippen LogP contribution is -2.08. The summed E-state index contributed by atoms with van der Waals surface area (Å²) in [4.78, 5) is 4.72. The van der Waals surface area contributed by atoms with Crippen molar-refractivity contribution in [1.82, 2.24) is 4.98 Å². The molecule has 0 saturated carbocycles. The molecule has 0 aliphatic heterocycles. The topological polar surface area (TPSA) is 38.9 Å². The second-order valence-corrected chi connectivity index (χ2v) is 5.82. The van der Waals surface area contributed by atoms with Crippen LogP contribution in [0.15, 0.2) is 17.5 Å². The van der Waals surface area contributed by atoms with E-state index in [9.17, 15) is 0 Å². The molecule has 2 aromatic rings. The van der Waals surface area contributed by atoms with E-state index >= 15 is 0 Å². The number of nitrogens with two attached hydrogens (primary N) is 1. The zero-order chi connectivity index (χ0) is 13.3. The van der Waals surface area contributed by atoms with E-state index in [0.717, 1.165) is 10.7 Å². The summed E-state index contributed by atoms with van der Waals surface area (Å²) in [6, 6.07) is 4.47. The quantitative estimate of drug-likeness (QED) is 0.911. The van der Waals surface area contributed by atoms with Crippen LogP contribution >= 0.6 is 11.3 Å². The van der Waals surface area contributed by atoms with Crippen LogP contribution in [0.4, 0.5) is 0 Å². The van der Waals surface area contributed by atoms with Gasteiger partial charge in [0.2, 0.25) is 0 Å². The van der Waals surface area contributed by atoms with Gasteiger partial charge in [0.1, 0.15) is 5.01 Å². The number of thiazole rings is 1. The maximum Gasteiger partial charge on any atom is 0.123 e. The predicted molar refractivity (Wildman–Crippen MR) is 79.2 cm³/mol. The molecule has 2 rings (SSSR count). The number of rotatable bonds is 3. The van der Waals surface area contributed by atoms with Crippen LogP contribution in [0.2, 0.25) is 0 Å². The molecule has 0 saturated heterocycles. The van der Waals surface area contributed by atoms with E-state index in [2.05, 4.69) is 45.2 Å². The van der Waals surface area contributed by atoms with Crippen molar-refractivity contribution in [2.45, 2.75) is 33.6 Å². The minimum atomic E-state index is 0.335. The number of hydrogen-bond donors (Lipinski definition) is 1. The highest BCUT2D eigenvalue weighted by Gasteiger charge is 2.12. The smallest absolute Gasteiger partial charge is 0.123 e. The summed E-state index contributed by atoms with van der Waals surface area (Å²) >= 11 is 1.71.